The first-order chi connectivity index (χ1) is 10.8. The molecular formula is C18H25N3OS. The SMILES string of the molecule is CC(C)(C)c1nc(CN(CCC(N)=O)Cc2ccccc2)cs1. The maximum absolute atomic E-state index is 11.1. The van der Waals surface area contributed by atoms with Crippen molar-refractivity contribution in [3.8, 4) is 0 Å². The maximum Gasteiger partial charge on any atom is 0.218 e. The Labute approximate surface area is 142 Å². The summed E-state index contributed by atoms with van der Waals surface area (Å²) in [5, 5.41) is 3.25. The Balaban J connectivity index is 2.07. The van der Waals surface area contributed by atoms with Gasteiger partial charge in [-0.2, -0.15) is 0 Å². The number of benzene rings is 1. The lowest BCUT2D eigenvalue weighted by Gasteiger charge is -2.21. The summed E-state index contributed by atoms with van der Waals surface area (Å²) < 4.78 is 0. The molecule has 0 aliphatic rings. The normalized spacial score (nSPS) is 11.8. The second kappa shape index (κ2) is 7.70. The number of aromatic nitrogens is 1. The van der Waals surface area contributed by atoms with Crippen LogP contribution in [0.4, 0.5) is 0 Å². The van der Waals surface area contributed by atoms with E-state index in [9.17, 15) is 4.79 Å². The number of hydrogen-bond acceptors (Lipinski definition) is 4. The van der Waals surface area contributed by atoms with E-state index in [2.05, 4.69) is 43.2 Å². The molecule has 0 radical (unpaired) electrons. The predicted octanol–water partition coefficient (Wildman–Crippen LogP) is 3.32. The number of hydrogen-bond donors (Lipinski definition) is 1. The summed E-state index contributed by atoms with van der Waals surface area (Å²) in [6.07, 6.45) is 0.364. The highest BCUT2D eigenvalue weighted by Gasteiger charge is 2.19. The Morgan fingerprint density at radius 1 is 1.22 bits per heavy atom. The monoisotopic (exact) mass is 331 g/mol. The third kappa shape index (κ3) is 5.77. The van der Waals surface area contributed by atoms with Crippen LogP contribution < -0.4 is 5.73 Å². The summed E-state index contributed by atoms with van der Waals surface area (Å²) in [7, 11) is 0. The van der Waals surface area contributed by atoms with E-state index < -0.39 is 0 Å². The second-order valence-corrected chi connectivity index (χ2v) is 7.66. The van der Waals surface area contributed by atoms with Gasteiger partial charge < -0.3 is 5.73 Å². The summed E-state index contributed by atoms with van der Waals surface area (Å²) in [5.41, 5.74) is 7.66. The summed E-state index contributed by atoms with van der Waals surface area (Å²) in [4.78, 5) is 18.1. The molecule has 5 heteroatoms. The van der Waals surface area contributed by atoms with E-state index in [1.807, 2.05) is 18.2 Å². The van der Waals surface area contributed by atoms with Gasteiger partial charge in [-0.25, -0.2) is 4.98 Å². The lowest BCUT2D eigenvalue weighted by Crippen LogP contribution is -2.27. The first-order valence-corrected chi connectivity index (χ1v) is 8.72. The lowest BCUT2D eigenvalue weighted by molar-refractivity contribution is -0.118. The van der Waals surface area contributed by atoms with Crippen molar-refractivity contribution >= 4 is 17.2 Å². The Morgan fingerprint density at radius 2 is 1.91 bits per heavy atom. The van der Waals surface area contributed by atoms with E-state index in [-0.39, 0.29) is 11.3 Å². The van der Waals surface area contributed by atoms with Gasteiger partial charge in [0, 0.05) is 36.9 Å². The molecule has 0 saturated heterocycles. The molecule has 0 aliphatic carbocycles. The zero-order valence-electron chi connectivity index (χ0n) is 14.1. The summed E-state index contributed by atoms with van der Waals surface area (Å²) in [6, 6.07) is 10.3. The minimum Gasteiger partial charge on any atom is -0.370 e. The third-order valence-corrected chi connectivity index (χ3v) is 4.82. The molecule has 4 nitrogen and oxygen atoms in total. The zero-order valence-corrected chi connectivity index (χ0v) is 14.9. The Kier molecular flexibility index (Phi) is 5.91. The van der Waals surface area contributed by atoms with Crippen LogP contribution in [-0.2, 0) is 23.3 Å². The van der Waals surface area contributed by atoms with Gasteiger partial charge in [0.25, 0.3) is 0 Å². The average molecular weight is 331 g/mol. The highest BCUT2D eigenvalue weighted by atomic mass is 32.1. The molecule has 2 rings (SSSR count). The molecule has 1 amide bonds. The molecule has 0 bridgehead atoms. The van der Waals surface area contributed by atoms with E-state index >= 15 is 0 Å². The molecular weight excluding hydrogens is 306 g/mol. The molecule has 23 heavy (non-hydrogen) atoms. The fraction of sp³-hybridized carbons (Fsp3) is 0.444. The summed E-state index contributed by atoms with van der Waals surface area (Å²) >= 11 is 1.70. The molecule has 1 aromatic carbocycles. The second-order valence-electron chi connectivity index (χ2n) is 6.81. The maximum atomic E-state index is 11.1. The number of nitrogens with zero attached hydrogens (tertiary/aromatic N) is 2. The highest BCUT2D eigenvalue weighted by molar-refractivity contribution is 7.09. The fourth-order valence-electron chi connectivity index (χ4n) is 2.28. The Bertz CT molecular complexity index is 631. The molecule has 1 heterocycles. The number of carbonyl (C=O) groups is 1. The average Bonchev–Trinajstić information content (AvgIpc) is 2.94. The molecule has 0 unspecified atom stereocenters. The summed E-state index contributed by atoms with van der Waals surface area (Å²) in [5.74, 6) is -0.267. The molecule has 0 atom stereocenters. The van der Waals surface area contributed by atoms with Crippen LogP contribution in [0, 0.1) is 0 Å². The first kappa shape index (κ1) is 17.6. The standard InChI is InChI=1S/C18H25N3OS/c1-18(2,3)17-20-15(13-23-17)12-21(10-9-16(19)22)11-14-7-5-4-6-8-14/h4-8,13H,9-12H2,1-3H3,(H2,19,22). The van der Waals surface area contributed by atoms with Crippen LogP contribution >= 0.6 is 11.3 Å². The number of rotatable bonds is 7. The molecule has 124 valence electrons. The van der Waals surface area contributed by atoms with Crippen molar-refractivity contribution in [3.05, 3.63) is 52.0 Å². The molecule has 0 spiro atoms. The highest BCUT2D eigenvalue weighted by Crippen LogP contribution is 2.26. The van der Waals surface area contributed by atoms with Crippen LogP contribution in [0.2, 0.25) is 0 Å². The molecule has 2 N–H and O–H groups in total. The Hall–Kier alpha value is -1.72. The van der Waals surface area contributed by atoms with Gasteiger partial charge in [0.05, 0.1) is 10.7 Å². The van der Waals surface area contributed by atoms with Crippen molar-refractivity contribution in [1.82, 2.24) is 9.88 Å². The van der Waals surface area contributed by atoms with Crippen LogP contribution in [0.5, 0.6) is 0 Å². The van der Waals surface area contributed by atoms with Gasteiger partial charge in [-0.3, -0.25) is 9.69 Å². The molecule has 0 aliphatic heterocycles. The molecule has 1 aromatic heterocycles. The lowest BCUT2D eigenvalue weighted by atomic mass is 9.98. The van der Waals surface area contributed by atoms with Crippen molar-refractivity contribution < 1.29 is 4.79 Å². The van der Waals surface area contributed by atoms with Crippen LogP contribution in [0.3, 0.4) is 0 Å². The van der Waals surface area contributed by atoms with Crippen LogP contribution in [0.25, 0.3) is 0 Å². The van der Waals surface area contributed by atoms with Gasteiger partial charge in [-0.1, -0.05) is 51.1 Å². The number of amides is 1. The van der Waals surface area contributed by atoms with Crippen LogP contribution in [-0.4, -0.2) is 22.3 Å². The largest absolute Gasteiger partial charge is 0.370 e. The zero-order chi connectivity index (χ0) is 16.9. The van der Waals surface area contributed by atoms with Crippen molar-refractivity contribution in [1.29, 1.82) is 0 Å². The molecule has 0 saturated carbocycles. The smallest absolute Gasteiger partial charge is 0.218 e. The van der Waals surface area contributed by atoms with Crippen molar-refractivity contribution in [2.75, 3.05) is 6.54 Å². The van der Waals surface area contributed by atoms with E-state index in [4.69, 9.17) is 10.7 Å². The number of nitrogens with two attached hydrogens (primary N) is 1. The van der Waals surface area contributed by atoms with Gasteiger partial charge in [-0.15, -0.1) is 11.3 Å². The van der Waals surface area contributed by atoms with Gasteiger partial charge in [-0.05, 0) is 5.56 Å². The van der Waals surface area contributed by atoms with Crippen molar-refractivity contribution in [2.45, 2.75) is 45.7 Å². The first-order valence-electron chi connectivity index (χ1n) is 7.84. The molecule has 2 aromatic rings. The number of thiazole rings is 1. The quantitative estimate of drug-likeness (QED) is 0.846. The van der Waals surface area contributed by atoms with E-state index in [1.54, 1.807) is 11.3 Å². The Morgan fingerprint density at radius 3 is 2.48 bits per heavy atom. The van der Waals surface area contributed by atoms with E-state index in [1.165, 1.54) is 5.56 Å². The van der Waals surface area contributed by atoms with Gasteiger partial charge in [0.15, 0.2) is 0 Å². The van der Waals surface area contributed by atoms with Crippen LogP contribution in [0.15, 0.2) is 35.7 Å². The fourth-order valence-corrected chi connectivity index (χ4v) is 3.18. The number of primary amides is 1. The molecule has 0 fully saturated rings. The van der Waals surface area contributed by atoms with Gasteiger partial charge in [0.2, 0.25) is 5.91 Å². The van der Waals surface area contributed by atoms with Gasteiger partial charge >= 0.3 is 0 Å². The van der Waals surface area contributed by atoms with E-state index in [0.29, 0.717) is 13.0 Å². The third-order valence-electron chi connectivity index (χ3n) is 3.50. The topological polar surface area (TPSA) is 59.2 Å². The summed E-state index contributed by atoms with van der Waals surface area (Å²) in [6.45, 7) is 8.68. The van der Waals surface area contributed by atoms with Crippen LogP contribution in [0.1, 0.15) is 43.5 Å². The van der Waals surface area contributed by atoms with Crippen molar-refractivity contribution in [2.24, 2.45) is 5.73 Å². The predicted molar refractivity (Wildman–Crippen MR) is 95.2 cm³/mol. The van der Waals surface area contributed by atoms with E-state index in [0.717, 1.165) is 23.8 Å². The van der Waals surface area contributed by atoms with Gasteiger partial charge in [0.1, 0.15) is 0 Å². The minimum absolute atomic E-state index is 0.0698. The number of carbonyl (C=O) groups excluding carboxylic acids is 1. The van der Waals surface area contributed by atoms with Crippen molar-refractivity contribution in [3.63, 3.8) is 0 Å². The minimum atomic E-state index is -0.267.